The molecule has 0 N–H and O–H groups in total. The molecule has 2 aromatic heterocycles. The van der Waals surface area contributed by atoms with Gasteiger partial charge in [0.15, 0.2) is 0 Å². The molecular formula is C17H14ClNOS. The van der Waals surface area contributed by atoms with Crippen LogP contribution in [0.25, 0.3) is 21.8 Å². The van der Waals surface area contributed by atoms with Crippen LogP contribution in [0.3, 0.4) is 0 Å². The molecule has 0 bridgehead atoms. The Balaban J connectivity index is 2.11. The minimum absolute atomic E-state index is 0.628. The summed E-state index contributed by atoms with van der Waals surface area (Å²) in [4.78, 5) is 5.87. The van der Waals surface area contributed by atoms with Crippen LogP contribution in [0.2, 0.25) is 5.02 Å². The Morgan fingerprint density at radius 2 is 1.95 bits per heavy atom. The number of hydrogen-bond acceptors (Lipinski definition) is 3. The Kier molecular flexibility index (Phi) is 4.23. The molecule has 0 fully saturated rings. The van der Waals surface area contributed by atoms with Crippen LogP contribution in [0.1, 0.15) is 6.92 Å². The van der Waals surface area contributed by atoms with Gasteiger partial charge in [0.05, 0.1) is 22.9 Å². The lowest BCUT2D eigenvalue weighted by Gasteiger charge is -2.09. The van der Waals surface area contributed by atoms with Crippen molar-refractivity contribution in [2.24, 2.45) is 0 Å². The normalized spacial score (nSPS) is 10.6. The van der Waals surface area contributed by atoms with Crippen LogP contribution in [0.15, 0.2) is 53.9 Å². The maximum Gasteiger partial charge on any atom is 0.123 e. The number of hydrogen-bond donors (Lipinski definition) is 0. The van der Waals surface area contributed by atoms with Crippen molar-refractivity contribution in [3.8, 4) is 27.6 Å². The maximum absolute atomic E-state index is 6.08. The summed E-state index contributed by atoms with van der Waals surface area (Å²) in [6.07, 6.45) is 0. The molecule has 106 valence electrons. The summed E-state index contributed by atoms with van der Waals surface area (Å²) < 4.78 is 5.67. The zero-order chi connectivity index (χ0) is 14.7. The van der Waals surface area contributed by atoms with Crippen molar-refractivity contribution >= 4 is 22.9 Å². The number of ether oxygens (including phenoxy) is 1. The average molecular weight is 316 g/mol. The van der Waals surface area contributed by atoms with E-state index in [0.29, 0.717) is 11.6 Å². The summed E-state index contributed by atoms with van der Waals surface area (Å²) >= 11 is 7.74. The van der Waals surface area contributed by atoms with Crippen molar-refractivity contribution in [1.29, 1.82) is 0 Å². The van der Waals surface area contributed by atoms with E-state index in [1.54, 1.807) is 11.3 Å². The first kappa shape index (κ1) is 14.1. The van der Waals surface area contributed by atoms with Gasteiger partial charge in [-0.1, -0.05) is 29.8 Å². The second kappa shape index (κ2) is 6.29. The van der Waals surface area contributed by atoms with E-state index in [4.69, 9.17) is 21.3 Å². The molecule has 0 spiro atoms. The molecule has 0 amide bonds. The van der Waals surface area contributed by atoms with Crippen molar-refractivity contribution in [1.82, 2.24) is 4.98 Å². The first-order valence-corrected chi connectivity index (χ1v) is 7.96. The summed E-state index contributed by atoms with van der Waals surface area (Å²) in [5.74, 6) is 0.825. The van der Waals surface area contributed by atoms with Gasteiger partial charge in [-0.05, 0) is 30.5 Å². The molecule has 0 saturated carbocycles. The molecule has 0 atom stereocenters. The van der Waals surface area contributed by atoms with Crippen LogP contribution in [0, 0.1) is 0 Å². The molecule has 2 nitrogen and oxygen atoms in total. The van der Waals surface area contributed by atoms with Crippen molar-refractivity contribution in [3.05, 3.63) is 58.9 Å². The van der Waals surface area contributed by atoms with Crippen molar-refractivity contribution < 1.29 is 4.74 Å². The van der Waals surface area contributed by atoms with Crippen LogP contribution in [0.4, 0.5) is 0 Å². The van der Waals surface area contributed by atoms with Gasteiger partial charge in [-0.25, -0.2) is 4.98 Å². The number of benzene rings is 1. The van der Waals surface area contributed by atoms with Gasteiger partial charge in [0.2, 0.25) is 0 Å². The number of thiophene rings is 1. The Bertz CT molecular complexity index is 740. The van der Waals surface area contributed by atoms with E-state index in [2.05, 4.69) is 6.07 Å². The van der Waals surface area contributed by atoms with Crippen LogP contribution in [0.5, 0.6) is 5.75 Å². The van der Waals surface area contributed by atoms with Crippen molar-refractivity contribution in [2.45, 2.75) is 6.92 Å². The predicted octanol–water partition coefficient (Wildman–Crippen LogP) is 5.53. The molecule has 0 saturated heterocycles. The molecule has 4 heteroatoms. The van der Waals surface area contributed by atoms with Gasteiger partial charge in [-0.15, -0.1) is 11.3 Å². The van der Waals surface area contributed by atoms with E-state index in [1.807, 2.05) is 54.8 Å². The van der Waals surface area contributed by atoms with Gasteiger partial charge in [-0.2, -0.15) is 0 Å². The van der Waals surface area contributed by atoms with Gasteiger partial charge in [0.1, 0.15) is 5.75 Å². The number of pyridine rings is 1. The number of aromatic nitrogens is 1. The first-order chi connectivity index (χ1) is 10.3. The third-order valence-electron chi connectivity index (χ3n) is 3.00. The van der Waals surface area contributed by atoms with Crippen LogP contribution in [-0.2, 0) is 0 Å². The fourth-order valence-electron chi connectivity index (χ4n) is 2.10. The summed E-state index contributed by atoms with van der Waals surface area (Å²) in [7, 11) is 0. The smallest absolute Gasteiger partial charge is 0.123 e. The van der Waals surface area contributed by atoms with E-state index < -0.39 is 0 Å². The molecular weight excluding hydrogens is 302 g/mol. The maximum atomic E-state index is 6.08. The van der Waals surface area contributed by atoms with Crippen molar-refractivity contribution in [2.75, 3.05) is 6.61 Å². The third-order valence-corrected chi connectivity index (χ3v) is 4.13. The molecule has 0 aliphatic carbocycles. The molecule has 0 aliphatic heterocycles. The van der Waals surface area contributed by atoms with Gasteiger partial charge < -0.3 is 4.74 Å². The lowest BCUT2D eigenvalue weighted by molar-refractivity contribution is 0.340. The minimum atomic E-state index is 0.628. The summed E-state index contributed by atoms with van der Waals surface area (Å²) in [5.41, 5.74) is 2.78. The Morgan fingerprint density at radius 3 is 2.67 bits per heavy atom. The van der Waals surface area contributed by atoms with E-state index in [9.17, 15) is 0 Å². The lowest BCUT2D eigenvalue weighted by atomic mass is 10.1. The van der Waals surface area contributed by atoms with E-state index in [-0.39, 0.29) is 0 Å². The zero-order valence-electron chi connectivity index (χ0n) is 11.5. The summed E-state index contributed by atoms with van der Waals surface area (Å²) in [6, 6.07) is 15.7. The number of halogens is 1. The van der Waals surface area contributed by atoms with Gasteiger partial charge >= 0.3 is 0 Å². The quantitative estimate of drug-likeness (QED) is 0.631. The second-order valence-electron chi connectivity index (χ2n) is 4.49. The van der Waals surface area contributed by atoms with E-state index in [0.717, 1.165) is 27.6 Å². The highest BCUT2D eigenvalue weighted by Gasteiger charge is 2.09. The summed E-state index contributed by atoms with van der Waals surface area (Å²) in [5, 5.41) is 2.75. The molecule has 3 rings (SSSR count). The SMILES string of the molecule is CCOc1cc(-c2cccc(Cl)c2)nc(-c2cccs2)c1. The highest BCUT2D eigenvalue weighted by Crippen LogP contribution is 2.31. The number of nitrogens with zero attached hydrogens (tertiary/aromatic N) is 1. The topological polar surface area (TPSA) is 22.1 Å². The standard InChI is InChI=1S/C17H14ClNOS/c1-2-20-14-10-15(12-5-3-6-13(18)9-12)19-16(11-14)17-7-4-8-21-17/h3-11H,2H2,1H3. The van der Waals surface area contributed by atoms with Crippen LogP contribution >= 0.6 is 22.9 Å². The summed E-state index contributed by atoms with van der Waals surface area (Å²) in [6.45, 7) is 2.60. The van der Waals surface area contributed by atoms with Crippen LogP contribution in [-0.4, -0.2) is 11.6 Å². The Hall–Kier alpha value is -1.84. The second-order valence-corrected chi connectivity index (χ2v) is 5.88. The Labute approximate surface area is 133 Å². The van der Waals surface area contributed by atoms with E-state index in [1.165, 1.54) is 0 Å². The molecule has 3 aromatic rings. The van der Waals surface area contributed by atoms with E-state index >= 15 is 0 Å². The molecule has 0 unspecified atom stereocenters. The predicted molar refractivity (Wildman–Crippen MR) is 89.2 cm³/mol. The van der Waals surface area contributed by atoms with Gasteiger partial charge in [-0.3, -0.25) is 0 Å². The highest BCUT2D eigenvalue weighted by molar-refractivity contribution is 7.13. The molecule has 1 aromatic carbocycles. The average Bonchev–Trinajstić information content (AvgIpc) is 3.01. The molecule has 2 heterocycles. The van der Waals surface area contributed by atoms with Crippen LogP contribution < -0.4 is 4.74 Å². The zero-order valence-corrected chi connectivity index (χ0v) is 13.1. The minimum Gasteiger partial charge on any atom is -0.494 e. The van der Waals surface area contributed by atoms with Gasteiger partial charge in [0.25, 0.3) is 0 Å². The third kappa shape index (κ3) is 3.26. The fraction of sp³-hybridized carbons (Fsp3) is 0.118. The molecule has 0 aliphatic rings. The lowest BCUT2D eigenvalue weighted by Crippen LogP contribution is -1.95. The monoisotopic (exact) mass is 315 g/mol. The highest BCUT2D eigenvalue weighted by atomic mass is 35.5. The van der Waals surface area contributed by atoms with Crippen molar-refractivity contribution in [3.63, 3.8) is 0 Å². The van der Waals surface area contributed by atoms with Gasteiger partial charge in [0, 0.05) is 22.7 Å². The molecule has 0 radical (unpaired) electrons. The number of rotatable bonds is 4. The Morgan fingerprint density at radius 1 is 1.10 bits per heavy atom. The largest absolute Gasteiger partial charge is 0.494 e. The fourth-order valence-corrected chi connectivity index (χ4v) is 2.98. The molecule has 21 heavy (non-hydrogen) atoms. The first-order valence-electron chi connectivity index (χ1n) is 6.71.